The lowest BCUT2D eigenvalue weighted by Gasteiger charge is -2.42. The van der Waals surface area contributed by atoms with Crippen molar-refractivity contribution in [3.05, 3.63) is 0 Å². The van der Waals surface area contributed by atoms with Gasteiger partial charge in [0, 0.05) is 11.6 Å². The second-order valence-corrected chi connectivity index (χ2v) is 5.23. The van der Waals surface area contributed by atoms with Gasteiger partial charge in [-0.05, 0) is 32.6 Å². The van der Waals surface area contributed by atoms with Gasteiger partial charge in [-0.2, -0.15) is 13.2 Å². The summed E-state index contributed by atoms with van der Waals surface area (Å²) in [5, 5.41) is 12.6. The number of hydrogen-bond acceptors (Lipinski definition) is 2. The van der Waals surface area contributed by atoms with Gasteiger partial charge >= 0.3 is 6.18 Å². The molecule has 3 atom stereocenters. The summed E-state index contributed by atoms with van der Waals surface area (Å²) in [7, 11) is 0. The topological polar surface area (TPSA) is 32.3 Å². The highest BCUT2D eigenvalue weighted by Gasteiger charge is 2.47. The number of halogens is 3. The Bertz CT molecular complexity index is 244. The molecule has 0 aromatic heterocycles. The fraction of sp³-hybridized carbons (Fsp3) is 1.00. The average Bonchev–Trinajstić information content (AvgIpc) is 2.28. The van der Waals surface area contributed by atoms with E-state index in [2.05, 4.69) is 5.32 Å². The molecule has 1 aliphatic rings. The number of aliphatic hydroxyl groups is 1. The van der Waals surface area contributed by atoms with Gasteiger partial charge in [0.2, 0.25) is 0 Å². The second kappa shape index (κ2) is 5.57. The maximum absolute atomic E-state index is 12.7. The van der Waals surface area contributed by atoms with Gasteiger partial charge in [-0.3, -0.25) is 0 Å². The lowest BCUT2D eigenvalue weighted by atomic mass is 9.75. The first-order chi connectivity index (χ1) is 7.83. The maximum atomic E-state index is 12.7. The molecule has 0 saturated heterocycles. The Labute approximate surface area is 101 Å². The minimum atomic E-state index is -4.14. The van der Waals surface area contributed by atoms with Crippen LogP contribution in [-0.2, 0) is 0 Å². The van der Waals surface area contributed by atoms with E-state index in [0.717, 1.165) is 6.42 Å². The summed E-state index contributed by atoms with van der Waals surface area (Å²) < 4.78 is 38.2. The summed E-state index contributed by atoms with van der Waals surface area (Å²) in [6.45, 7) is 3.70. The van der Waals surface area contributed by atoms with Crippen molar-refractivity contribution in [2.75, 3.05) is 6.61 Å². The molecule has 1 saturated carbocycles. The fourth-order valence-electron chi connectivity index (χ4n) is 2.59. The predicted octanol–water partition coefficient (Wildman–Crippen LogP) is 2.86. The van der Waals surface area contributed by atoms with Crippen LogP contribution in [-0.4, -0.2) is 29.5 Å². The van der Waals surface area contributed by atoms with Crippen molar-refractivity contribution in [3.8, 4) is 0 Å². The highest BCUT2D eigenvalue weighted by Crippen LogP contribution is 2.41. The van der Waals surface area contributed by atoms with E-state index in [4.69, 9.17) is 0 Å². The highest BCUT2D eigenvalue weighted by atomic mass is 19.4. The molecule has 1 rings (SSSR count). The summed E-state index contributed by atoms with van der Waals surface area (Å²) >= 11 is 0. The Kier molecular flexibility index (Phi) is 4.84. The Morgan fingerprint density at radius 1 is 1.47 bits per heavy atom. The number of nitrogens with one attached hydrogen (secondary N) is 1. The molecule has 102 valence electrons. The van der Waals surface area contributed by atoms with E-state index < -0.39 is 17.6 Å². The van der Waals surface area contributed by atoms with E-state index in [-0.39, 0.29) is 25.5 Å². The third kappa shape index (κ3) is 3.85. The summed E-state index contributed by atoms with van der Waals surface area (Å²) in [6.07, 6.45) is -1.96. The molecule has 1 fully saturated rings. The lowest BCUT2D eigenvalue weighted by molar-refractivity contribution is -0.190. The molecule has 1 aliphatic carbocycles. The number of alkyl halides is 3. The zero-order chi connectivity index (χ0) is 13.1. The highest BCUT2D eigenvalue weighted by molar-refractivity contribution is 4.96. The van der Waals surface area contributed by atoms with Crippen LogP contribution in [0.5, 0.6) is 0 Å². The number of hydrogen-bond donors (Lipinski definition) is 2. The summed E-state index contributed by atoms with van der Waals surface area (Å²) in [6, 6.07) is 0.133. The number of aliphatic hydroxyl groups excluding tert-OH is 1. The van der Waals surface area contributed by atoms with Gasteiger partial charge in [0.1, 0.15) is 0 Å². The zero-order valence-corrected chi connectivity index (χ0v) is 10.5. The minimum absolute atomic E-state index is 0.00264. The Hall–Kier alpha value is -0.290. The summed E-state index contributed by atoms with van der Waals surface area (Å²) in [4.78, 5) is 0. The van der Waals surface area contributed by atoms with Gasteiger partial charge in [0.15, 0.2) is 0 Å². The molecule has 0 spiro atoms. The van der Waals surface area contributed by atoms with Crippen molar-refractivity contribution in [2.45, 2.75) is 63.7 Å². The quantitative estimate of drug-likeness (QED) is 0.807. The summed E-state index contributed by atoms with van der Waals surface area (Å²) in [5.41, 5.74) is -0.742. The van der Waals surface area contributed by atoms with Gasteiger partial charge in [-0.15, -0.1) is 0 Å². The smallest absolute Gasteiger partial charge is 0.391 e. The van der Waals surface area contributed by atoms with Crippen LogP contribution in [0, 0.1) is 5.92 Å². The van der Waals surface area contributed by atoms with E-state index >= 15 is 0 Å². The molecular formula is C12H22F3NO. The first-order valence-corrected chi connectivity index (χ1v) is 6.28. The molecule has 3 unspecified atom stereocenters. The largest absolute Gasteiger partial charge is 0.394 e. The Morgan fingerprint density at radius 2 is 2.12 bits per heavy atom. The molecule has 0 heterocycles. The van der Waals surface area contributed by atoms with Gasteiger partial charge in [-0.1, -0.05) is 13.3 Å². The van der Waals surface area contributed by atoms with E-state index in [1.54, 1.807) is 0 Å². The van der Waals surface area contributed by atoms with E-state index in [1.165, 1.54) is 0 Å². The van der Waals surface area contributed by atoms with Crippen LogP contribution in [0.25, 0.3) is 0 Å². The van der Waals surface area contributed by atoms with E-state index in [9.17, 15) is 18.3 Å². The second-order valence-electron chi connectivity index (χ2n) is 5.23. The van der Waals surface area contributed by atoms with Gasteiger partial charge < -0.3 is 10.4 Å². The molecule has 0 aliphatic heterocycles. The molecule has 0 aromatic carbocycles. The van der Waals surface area contributed by atoms with Crippen molar-refractivity contribution in [1.82, 2.24) is 5.32 Å². The lowest BCUT2D eigenvalue weighted by Crippen LogP contribution is -2.56. The molecule has 0 bridgehead atoms. The van der Waals surface area contributed by atoms with Crippen molar-refractivity contribution >= 4 is 0 Å². The van der Waals surface area contributed by atoms with Crippen molar-refractivity contribution in [1.29, 1.82) is 0 Å². The van der Waals surface area contributed by atoms with Crippen LogP contribution < -0.4 is 5.32 Å². The van der Waals surface area contributed by atoms with Crippen LogP contribution in [0.3, 0.4) is 0 Å². The third-order valence-corrected chi connectivity index (χ3v) is 3.78. The molecule has 2 N–H and O–H groups in total. The van der Waals surface area contributed by atoms with Crippen LogP contribution in [0.2, 0.25) is 0 Å². The zero-order valence-electron chi connectivity index (χ0n) is 10.5. The van der Waals surface area contributed by atoms with E-state index in [1.807, 2.05) is 13.8 Å². The SMILES string of the molecule is CCC(C)NC1(CO)CCCC(C(F)(F)F)C1. The van der Waals surface area contributed by atoms with Gasteiger partial charge in [0.05, 0.1) is 12.5 Å². The monoisotopic (exact) mass is 253 g/mol. The standard InChI is InChI=1S/C12H22F3NO/c1-3-9(2)16-11(8-17)6-4-5-10(7-11)12(13,14)15/h9-10,16-17H,3-8H2,1-2H3. The molecule has 17 heavy (non-hydrogen) atoms. The van der Waals surface area contributed by atoms with Crippen molar-refractivity contribution in [2.24, 2.45) is 5.92 Å². The van der Waals surface area contributed by atoms with Crippen LogP contribution >= 0.6 is 0 Å². The minimum Gasteiger partial charge on any atom is -0.394 e. The van der Waals surface area contributed by atoms with Gasteiger partial charge in [-0.25, -0.2) is 0 Å². The van der Waals surface area contributed by atoms with Crippen molar-refractivity contribution in [3.63, 3.8) is 0 Å². The van der Waals surface area contributed by atoms with E-state index in [0.29, 0.717) is 12.8 Å². The maximum Gasteiger partial charge on any atom is 0.391 e. The molecule has 2 nitrogen and oxygen atoms in total. The van der Waals surface area contributed by atoms with Gasteiger partial charge in [0.25, 0.3) is 0 Å². The Morgan fingerprint density at radius 3 is 2.59 bits per heavy atom. The molecule has 0 radical (unpaired) electrons. The van der Waals surface area contributed by atoms with Crippen LogP contribution in [0.4, 0.5) is 13.2 Å². The van der Waals surface area contributed by atoms with Crippen LogP contribution in [0.1, 0.15) is 46.0 Å². The molecule has 0 aromatic rings. The van der Waals surface area contributed by atoms with Crippen LogP contribution in [0.15, 0.2) is 0 Å². The molecule has 5 heteroatoms. The average molecular weight is 253 g/mol. The Balaban J connectivity index is 2.72. The first-order valence-electron chi connectivity index (χ1n) is 6.28. The molecular weight excluding hydrogens is 231 g/mol. The first kappa shape index (κ1) is 14.8. The normalized spacial score (nSPS) is 32.5. The molecule has 0 amide bonds. The van der Waals surface area contributed by atoms with Crippen molar-refractivity contribution < 1.29 is 18.3 Å². The summed E-state index contributed by atoms with van der Waals surface area (Å²) in [5.74, 6) is -1.28. The fourth-order valence-corrected chi connectivity index (χ4v) is 2.59. The predicted molar refractivity (Wildman–Crippen MR) is 60.7 cm³/mol. The third-order valence-electron chi connectivity index (χ3n) is 3.78. The number of rotatable bonds is 4.